The fraction of sp³-hybridized carbons (Fsp3) is 0.471. The fourth-order valence-electron chi connectivity index (χ4n) is 2.51. The maximum Gasteiger partial charge on any atom is 0.244 e. The second kappa shape index (κ2) is 7.21. The lowest BCUT2D eigenvalue weighted by molar-refractivity contribution is -0.133. The zero-order valence-electron chi connectivity index (χ0n) is 13.9. The van der Waals surface area contributed by atoms with Gasteiger partial charge in [-0.1, -0.05) is 11.6 Å². The number of nitrogens with zero attached hydrogens (tertiary/aromatic N) is 4. The van der Waals surface area contributed by atoms with Crippen molar-refractivity contribution in [3.8, 4) is 5.88 Å². The van der Waals surface area contributed by atoms with E-state index in [0.717, 1.165) is 18.4 Å². The van der Waals surface area contributed by atoms with Crippen LogP contribution in [0.25, 0.3) is 0 Å². The number of rotatable bonds is 7. The molecule has 1 aliphatic carbocycles. The van der Waals surface area contributed by atoms with Gasteiger partial charge in [-0.15, -0.1) is 0 Å². The normalized spacial score (nSPS) is 14.0. The van der Waals surface area contributed by atoms with Gasteiger partial charge in [0.2, 0.25) is 11.8 Å². The molecule has 1 amide bonds. The number of pyridine rings is 1. The highest BCUT2D eigenvalue weighted by Gasteiger charge is 2.32. The Hall–Kier alpha value is -2.08. The van der Waals surface area contributed by atoms with Crippen LogP contribution in [0.5, 0.6) is 5.88 Å². The van der Waals surface area contributed by atoms with Crippen LogP contribution in [0.4, 0.5) is 0 Å². The molecule has 0 saturated heterocycles. The molecular formula is C17H21ClN4O2. The molecule has 0 spiro atoms. The summed E-state index contributed by atoms with van der Waals surface area (Å²) >= 11 is 5.86. The predicted molar refractivity (Wildman–Crippen MR) is 90.8 cm³/mol. The number of hydrogen-bond acceptors (Lipinski definition) is 4. The Kier molecular flexibility index (Phi) is 5.04. The highest BCUT2D eigenvalue weighted by atomic mass is 35.5. The number of hydrogen-bond donors (Lipinski definition) is 0. The molecule has 24 heavy (non-hydrogen) atoms. The molecule has 2 aromatic rings. The summed E-state index contributed by atoms with van der Waals surface area (Å²) < 4.78 is 7.20. The molecule has 1 saturated carbocycles. The minimum Gasteiger partial charge on any atom is -0.475 e. The Morgan fingerprint density at radius 1 is 1.50 bits per heavy atom. The van der Waals surface area contributed by atoms with Crippen molar-refractivity contribution >= 4 is 17.5 Å². The molecule has 2 aromatic heterocycles. The minimum atomic E-state index is 0.0420. The third-order valence-electron chi connectivity index (χ3n) is 3.72. The van der Waals surface area contributed by atoms with Crippen molar-refractivity contribution in [2.24, 2.45) is 0 Å². The topological polar surface area (TPSA) is 60.2 Å². The zero-order valence-corrected chi connectivity index (χ0v) is 14.6. The van der Waals surface area contributed by atoms with E-state index in [1.165, 1.54) is 6.20 Å². The van der Waals surface area contributed by atoms with E-state index >= 15 is 0 Å². The standard InChI is InChI=1S/C17H21ClN4O2/c1-12(2)24-16-7-13(5-6-19-16)9-22(15-3-4-15)17(23)11-21-10-14(18)8-20-21/h5-8,10,12,15H,3-4,9,11H2,1-2H3. The summed E-state index contributed by atoms with van der Waals surface area (Å²) in [6, 6.07) is 4.12. The van der Waals surface area contributed by atoms with Crippen molar-refractivity contribution in [2.45, 2.75) is 51.9 Å². The summed E-state index contributed by atoms with van der Waals surface area (Å²) in [7, 11) is 0. The largest absolute Gasteiger partial charge is 0.475 e. The molecule has 2 heterocycles. The average molecular weight is 349 g/mol. The fourth-order valence-corrected chi connectivity index (χ4v) is 2.67. The van der Waals surface area contributed by atoms with Crippen LogP contribution >= 0.6 is 11.6 Å². The van der Waals surface area contributed by atoms with Crippen LogP contribution in [-0.4, -0.2) is 37.7 Å². The monoisotopic (exact) mass is 348 g/mol. The van der Waals surface area contributed by atoms with Gasteiger partial charge in [0, 0.05) is 31.0 Å². The Labute approximate surface area is 146 Å². The summed E-state index contributed by atoms with van der Waals surface area (Å²) in [5, 5.41) is 4.61. The SMILES string of the molecule is CC(C)Oc1cc(CN(C(=O)Cn2cc(Cl)cn2)C2CC2)ccn1. The van der Waals surface area contributed by atoms with Crippen LogP contribution in [0.15, 0.2) is 30.7 Å². The first kappa shape index (κ1) is 16.8. The summed E-state index contributed by atoms with van der Waals surface area (Å²) in [5.41, 5.74) is 1.01. The lowest BCUT2D eigenvalue weighted by Gasteiger charge is -2.23. The van der Waals surface area contributed by atoms with Gasteiger partial charge in [0.1, 0.15) is 6.54 Å². The third-order valence-corrected chi connectivity index (χ3v) is 3.91. The van der Waals surface area contributed by atoms with Crippen LogP contribution in [0.1, 0.15) is 32.3 Å². The summed E-state index contributed by atoms with van der Waals surface area (Å²) in [5.74, 6) is 0.630. The molecule has 1 aliphatic rings. The average Bonchev–Trinajstić information content (AvgIpc) is 3.27. The summed E-state index contributed by atoms with van der Waals surface area (Å²) in [6.07, 6.45) is 7.08. The number of amides is 1. The van der Waals surface area contributed by atoms with Gasteiger partial charge >= 0.3 is 0 Å². The first-order chi connectivity index (χ1) is 11.5. The molecule has 7 heteroatoms. The van der Waals surface area contributed by atoms with Crippen molar-refractivity contribution in [3.63, 3.8) is 0 Å². The van der Waals surface area contributed by atoms with E-state index in [9.17, 15) is 4.79 Å². The Morgan fingerprint density at radius 3 is 2.92 bits per heavy atom. The van der Waals surface area contributed by atoms with Gasteiger partial charge in [-0.05, 0) is 38.3 Å². The highest BCUT2D eigenvalue weighted by molar-refractivity contribution is 6.30. The summed E-state index contributed by atoms with van der Waals surface area (Å²) in [6.45, 7) is 4.67. The van der Waals surface area contributed by atoms with Crippen LogP contribution in [0.3, 0.4) is 0 Å². The molecule has 3 rings (SSSR count). The molecule has 0 aliphatic heterocycles. The number of carbonyl (C=O) groups excluding carboxylic acids is 1. The lowest BCUT2D eigenvalue weighted by atomic mass is 10.2. The van der Waals surface area contributed by atoms with Crippen LogP contribution in [-0.2, 0) is 17.9 Å². The molecule has 6 nitrogen and oxygen atoms in total. The first-order valence-corrected chi connectivity index (χ1v) is 8.48. The molecule has 0 radical (unpaired) electrons. The third kappa shape index (κ3) is 4.47. The second-order valence-corrected chi connectivity index (χ2v) is 6.71. The maximum atomic E-state index is 12.6. The first-order valence-electron chi connectivity index (χ1n) is 8.10. The van der Waals surface area contributed by atoms with Gasteiger partial charge in [-0.2, -0.15) is 5.10 Å². The van der Waals surface area contributed by atoms with Crippen molar-refractivity contribution in [3.05, 3.63) is 41.3 Å². The van der Waals surface area contributed by atoms with Crippen molar-refractivity contribution in [1.82, 2.24) is 19.7 Å². The molecule has 0 N–H and O–H groups in total. The Bertz CT molecular complexity index is 712. The lowest BCUT2D eigenvalue weighted by Crippen LogP contribution is -2.35. The number of carbonyl (C=O) groups is 1. The van der Waals surface area contributed by atoms with E-state index in [1.54, 1.807) is 17.1 Å². The maximum absolute atomic E-state index is 12.6. The Morgan fingerprint density at radius 2 is 2.29 bits per heavy atom. The van der Waals surface area contributed by atoms with Crippen LogP contribution < -0.4 is 4.74 Å². The molecule has 128 valence electrons. The number of halogens is 1. The van der Waals surface area contributed by atoms with Gasteiger partial charge in [-0.25, -0.2) is 4.98 Å². The van der Waals surface area contributed by atoms with Gasteiger partial charge in [0.25, 0.3) is 0 Å². The summed E-state index contributed by atoms with van der Waals surface area (Å²) in [4.78, 5) is 18.8. The van der Waals surface area contributed by atoms with Crippen molar-refractivity contribution in [2.75, 3.05) is 0 Å². The van der Waals surface area contributed by atoms with Gasteiger partial charge in [0.05, 0.1) is 17.3 Å². The van der Waals surface area contributed by atoms with Crippen LogP contribution in [0, 0.1) is 0 Å². The van der Waals surface area contributed by atoms with E-state index < -0.39 is 0 Å². The zero-order chi connectivity index (χ0) is 17.1. The molecule has 0 aromatic carbocycles. The molecular weight excluding hydrogens is 328 g/mol. The Balaban J connectivity index is 1.69. The predicted octanol–water partition coefficient (Wildman–Crippen LogP) is 2.91. The number of ether oxygens (including phenoxy) is 1. The van der Waals surface area contributed by atoms with E-state index in [1.807, 2.05) is 30.9 Å². The van der Waals surface area contributed by atoms with Crippen molar-refractivity contribution in [1.29, 1.82) is 0 Å². The van der Waals surface area contributed by atoms with E-state index in [0.29, 0.717) is 23.5 Å². The minimum absolute atomic E-state index is 0.0420. The number of aromatic nitrogens is 3. The molecule has 0 atom stereocenters. The molecule has 1 fully saturated rings. The van der Waals surface area contributed by atoms with Crippen LogP contribution in [0.2, 0.25) is 5.02 Å². The van der Waals surface area contributed by atoms with E-state index in [4.69, 9.17) is 16.3 Å². The quantitative estimate of drug-likeness (QED) is 0.772. The highest BCUT2D eigenvalue weighted by Crippen LogP contribution is 2.29. The second-order valence-electron chi connectivity index (χ2n) is 6.28. The van der Waals surface area contributed by atoms with Gasteiger partial charge in [-0.3, -0.25) is 9.48 Å². The molecule has 0 bridgehead atoms. The van der Waals surface area contributed by atoms with E-state index in [2.05, 4.69) is 10.1 Å². The van der Waals surface area contributed by atoms with Gasteiger partial charge < -0.3 is 9.64 Å². The van der Waals surface area contributed by atoms with Gasteiger partial charge in [0.15, 0.2) is 0 Å². The smallest absolute Gasteiger partial charge is 0.244 e. The van der Waals surface area contributed by atoms with Crippen molar-refractivity contribution < 1.29 is 9.53 Å². The van der Waals surface area contributed by atoms with E-state index in [-0.39, 0.29) is 18.6 Å². The molecule has 0 unspecified atom stereocenters.